The van der Waals surface area contributed by atoms with E-state index in [0.29, 0.717) is 23.4 Å². The Hall–Kier alpha value is -3.44. The molecule has 0 N–H and O–H groups in total. The topological polar surface area (TPSA) is 105 Å². The van der Waals surface area contributed by atoms with Gasteiger partial charge in [-0.3, -0.25) is 4.79 Å². The van der Waals surface area contributed by atoms with Crippen LogP contribution in [0.25, 0.3) is 22.0 Å². The highest BCUT2D eigenvalue weighted by Gasteiger charge is 2.41. The summed E-state index contributed by atoms with van der Waals surface area (Å²) in [4.78, 5) is 22.1. The minimum atomic E-state index is -2.56. The normalized spacial score (nSPS) is 17.2. The number of aromatic nitrogens is 3. The maximum atomic E-state index is 12.8. The molecular weight excluding hydrogens is 564 g/mol. The summed E-state index contributed by atoms with van der Waals surface area (Å²) in [5, 5.41) is 0.735. The zero-order chi connectivity index (χ0) is 30.8. The molecule has 0 saturated carbocycles. The lowest BCUT2D eigenvalue weighted by molar-refractivity contribution is -0.201. The Balaban J connectivity index is 1.81. The van der Waals surface area contributed by atoms with Crippen molar-refractivity contribution < 1.29 is 18.4 Å². The second kappa shape index (κ2) is 12.7. The van der Waals surface area contributed by atoms with Crippen molar-refractivity contribution in [1.82, 2.24) is 14.5 Å². The number of hydrogen-bond acceptors (Lipinski definition) is 8. The van der Waals surface area contributed by atoms with Crippen molar-refractivity contribution in [1.29, 1.82) is 0 Å². The van der Waals surface area contributed by atoms with E-state index in [1.54, 1.807) is 24.1 Å². The quantitative estimate of drug-likeness (QED) is 0.235. The molecular formula is C33H40N4O5S. The largest absolute Gasteiger partial charge is 0.359 e. The van der Waals surface area contributed by atoms with Crippen LogP contribution in [-0.4, -0.2) is 56.9 Å². The molecule has 1 aliphatic rings. The fourth-order valence-corrected chi connectivity index (χ4v) is 5.96. The van der Waals surface area contributed by atoms with E-state index < -0.39 is 15.3 Å². The van der Waals surface area contributed by atoms with Crippen LogP contribution < -0.4 is 5.56 Å². The molecule has 0 radical (unpaired) electrons. The predicted octanol–water partition coefficient (Wildman–Crippen LogP) is 5.87. The van der Waals surface area contributed by atoms with Gasteiger partial charge in [-0.2, -0.15) is 4.36 Å². The number of aryl methyl sites for hydroxylation is 2. The number of benzene rings is 2. The van der Waals surface area contributed by atoms with Crippen LogP contribution in [0.15, 0.2) is 70.0 Å². The third kappa shape index (κ3) is 7.04. The van der Waals surface area contributed by atoms with Crippen molar-refractivity contribution in [2.24, 2.45) is 11.4 Å². The van der Waals surface area contributed by atoms with E-state index in [4.69, 9.17) is 24.2 Å². The molecule has 43 heavy (non-hydrogen) atoms. The molecule has 2 atom stereocenters. The maximum absolute atomic E-state index is 12.8. The predicted molar refractivity (Wildman–Crippen MR) is 170 cm³/mol. The average molecular weight is 605 g/mol. The standard InChI is InChI=1S/C33H40N4O5S/c1-22(2)42-33(26-12-8-7-9-13-26,21-41-29-14-10-11-17-40-29)30-27-19-24(25-18-23(3)31(38)37(4)20-25)15-16-28(27)34-32(35-30)36-43(5,6)39/h7-9,12-13,15-16,18-20,22,29H,10-11,14,17,21H2,1-6H3. The molecule has 2 aromatic carbocycles. The van der Waals surface area contributed by atoms with Gasteiger partial charge in [0.1, 0.15) is 0 Å². The molecule has 1 aliphatic heterocycles. The summed E-state index contributed by atoms with van der Waals surface area (Å²) in [5.74, 6) is 0.116. The highest BCUT2D eigenvalue weighted by Crippen LogP contribution is 2.40. The molecule has 0 amide bonds. The van der Waals surface area contributed by atoms with E-state index in [1.165, 1.54) is 0 Å². The van der Waals surface area contributed by atoms with Gasteiger partial charge in [-0.15, -0.1) is 0 Å². The Morgan fingerprint density at radius 3 is 2.51 bits per heavy atom. The van der Waals surface area contributed by atoms with Crippen LogP contribution in [0.4, 0.5) is 5.95 Å². The van der Waals surface area contributed by atoms with Crippen molar-refractivity contribution in [2.75, 3.05) is 25.7 Å². The Bertz CT molecular complexity index is 1760. The average Bonchev–Trinajstić information content (AvgIpc) is 2.97. The Morgan fingerprint density at radius 2 is 1.86 bits per heavy atom. The van der Waals surface area contributed by atoms with Gasteiger partial charge in [-0.05, 0) is 74.9 Å². The van der Waals surface area contributed by atoms with Crippen LogP contribution >= 0.6 is 0 Å². The molecule has 3 heterocycles. The molecule has 2 unspecified atom stereocenters. The summed E-state index contributed by atoms with van der Waals surface area (Å²) in [6.45, 7) is 6.54. The van der Waals surface area contributed by atoms with Crippen LogP contribution in [-0.2, 0) is 36.6 Å². The number of pyridine rings is 1. The minimum absolute atomic E-state index is 0.0435. The van der Waals surface area contributed by atoms with Crippen molar-refractivity contribution in [3.05, 3.63) is 88.0 Å². The lowest BCUT2D eigenvalue weighted by Crippen LogP contribution is -2.41. The molecule has 1 saturated heterocycles. The molecule has 10 heteroatoms. The zero-order valence-electron chi connectivity index (χ0n) is 25.7. The van der Waals surface area contributed by atoms with Crippen molar-refractivity contribution in [3.8, 4) is 11.1 Å². The molecule has 5 rings (SSSR count). The summed E-state index contributed by atoms with van der Waals surface area (Å²) in [6.07, 6.45) is 7.19. The summed E-state index contributed by atoms with van der Waals surface area (Å²) in [7, 11) is -0.818. The smallest absolute Gasteiger partial charge is 0.258 e. The SMILES string of the molecule is Cc1cc(-c2ccc3nc(N=S(C)(C)=O)nc(C(COC4CCCCO4)(OC(C)C)c4ccccc4)c3c2)cn(C)c1=O. The van der Waals surface area contributed by atoms with Gasteiger partial charge in [0.25, 0.3) is 11.5 Å². The van der Waals surface area contributed by atoms with Gasteiger partial charge in [0.05, 0.1) is 23.9 Å². The van der Waals surface area contributed by atoms with Gasteiger partial charge in [-0.25, -0.2) is 14.2 Å². The summed E-state index contributed by atoms with van der Waals surface area (Å²) >= 11 is 0. The van der Waals surface area contributed by atoms with Crippen LogP contribution in [0.3, 0.4) is 0 Å². The van der Waals surface area contributed by atoms with E-state index in [-0.39, 0.29) is 30.5 Å². The maximum Gasteiger partial charge on any atom is 0.258 e. The monoisotopic (exact) mass is 604 g/mol. The number of rotatable bonds is 9. The fraction of sp³-hybridized carbons (Fsp3) is 0.424. The third-order valence-corrected chi connectivity index (χ3v) is 7.95. The second-order valence-electron chi connectivity index (χ2n) is 11.7. The Kier molecular flexibility index (Phi) is 9.12. The minimum Gasteiger partial charge on any atom is -0.359 e. The molecule has 9 nitrogen and oxygen atoms in total. The second-order valence-corrected chi connectivity index (χ2v) is 14.2. The van der Waals surface area contributed by atoms with Gasteiger partial charge < -0.3 is 18.8 Å². The summed E-state index contributed by atoms with van der Waals surface area (Å²) in [5.41, 5.74) is 3.22. The van der Waals surface area contributed by atoms with Gasteiger partial charge in [0, 0.05) is 53.0 Å². The van der Waals surface area contributed by atoms with Gasteiger partial charge in [0.2, 0.25) is 0 Å². The molecule has 228 valence electrons. The number of fused-ring (bicyclic) bond motifs is 1. The molecule has 0 aliphatic carbocycles. The first kappa shape index (κ1) is 31.0. The number of ether oxygens (including phenoxy) is 3. The third-order valence-electron chi connectivity index (χ3n) is 7.35. The number of nitrogens with zero attached hydrogens (tertiary/aromatic N) is 4. The first-order valence-corrected chi connectivity index (χ1v) is 16.9. The van der Waals surface area contributed by atoms with E-state index in [9.17, 15) is 9.00 Å². The first-order valence-electron chi connectivity index (χ1n) is 14.6. The van der Waals surface area contributed by atoms with E-state index in [0.717, 1.165) is 41.3 Å². The van der Waals surface area contributed by atoms with Crippen molar-refractivity contribution in [3.63, 3.8) is 0 Å². The Labute approximate surface area is 253 Å². The first-order chi connectivity index (χ1) is 20.4. The van der Waals surface area contributed by atoms with Gasteiger partial charge >= 0.3 is 0 Å². The van der Waals surface area contributed by atoms with Crippen molar-refractivity contribution >= 4 is 26.6 Å². The highest BCUT2D eigenvalue weighted by molar-refractivity contribution is 7.92. The molecule has 4 aromatic rings. The molecule has 1 fully saturated rings. The van der Waals surface area contributed by atoms with E-state index in [1.807, 2.05) is 81.6 Å². The fourth-order valence-electron chi connectivity index (χ4n) is 5.49. The van der Waals surface area contributed by atoms with Gasteiger partial charge in [-0.1, -0.05) is 36.4 Å². The molecule has 2 aromatic heterocycles. The van der Waals surface area contributed by atoms with E-state index >= 15 is 0 Å². The van der Waals surface area contributed by atoms with E-state index in [2.05, 4.69) is 4.36 Å². The van der Waals surface area contributed by atoms with Crippen LogP contribution in [0.2, 0.25) is 0 Å². The van der Waals surface area contributed by atoms with Crippen LogP contribution in [0.1, 0.15) is 49.9 Å². The lowest BCUT2D eigenvalue weighted by Gasteiger charge is -2.37. The Morgan fingerprint density at radius 1 is 1.09 bits per heavy atom. The van der Waals surface area contributed by atoms with Crippen LogP contribution in [0, 0.1) is 6.92 Å². The molecule has 0 spiro atoms. The zero-order valence-corrected chi connectivity index (χ0v) is 26.5. The van der Waals surface area contributed by atoms with Crippen molar-refractivity contribution in [2.45, 2.75) is 58.0 Å². The molecule has 0 bridgehead atoms. The summed E-state index contributed by atoms with van der Waals surface area (Å²) < 4.78 is 38.1. The summed E-state index contributed by atoms with van der Waals surface area (Å²) in [6, 6.07) is 17.6. The van der Waals surface area contributed by atoms with Crippen LogP contribution in [0.5, 0.6) is 0 Å². The lowest BCUT2D eigenvalue weighted by atomic mass is 9.87. The van der Waals surface area contributed by atoms with Gasteiger partial charge in [0.15, 0.2) is 11.9 Å². The highest BCUT2D eigenvalue weighted by atomic mass is 32.2. The number of hydrogen-bond donors (Lipinski definition) is 0.